The minimum atomic E-state index is -2.88. The maximum atomic E-state index is 2.52. The molecule has 0 saturated carbocycles. The highest BCUT2D eigenvalue weighted by Gasteiger charge is 2.42. The van der Waals surface area contributed by atoms with Crippen LogP contribution < -0.4 is 20.7 Å². The van der Waals surface area contributed by atoms with Crippen LogP contribution in [0.3, 0.4) is 0 Å². The predicted molar refractivity (Wildman–Crippen MR) is 256 cm³/mol. The maximum absolute atomic E-state index is 2.88. The van der Waals surface area contributed by atoms with Gasteiger partial charge in [0.2, 0.25) is 0 Å². The molecule has 11 aromatic rings. The van der Waals surface area contributed by atoms with Crippen molar-refractivity contribution in [3.8, 4) is 22.5 Å². The Kier molecular flexibility index (Phi) is 7.63. The first-order chi connectivity index (χ1) is 29.5. The summed E-state index contributed by atoms with van der Waals surface area (Å²) in [7, 11) is -2.88. The molecule has 0 spiro atoms. The molecule has 0 aliphatic heterocycles. The van der Waals surface area contributed by atoms with Gasteiger partial charge in [-0.1, -0.05) is 184 Å². The van der Waals surface area contributed by atoms with Crippen LogP contribution in [0.25, 0.3) is 66.1 Å². The number of para-hydroxylation sites is 3. The second kappa shape index (κ2) is 13.2. The van der Waals surface area contributed by atoms with Gasteiger partial charge in [-0.2, -0.15) is 0 Å². The molecule has 0 radical (unpaired) electrons. The molecule has 2 heterocycles. The van der Waals surface area contributed by atoms with Crippen molar-refractivity contribution in [2.45, 2.75) is 19.3 Å². The average Bonchev–Trinajstić information content (AvgIpc) is 3.91. The molecule has 1 aliphatic rings. The Hall–Kier alpha value is -7.20. The van der Waals surface area contributed by atoms with E-state index in [4.69, 9.17) is 0 Å². The highest BCUT2D eigenvalue weighted by molar-refractivity contribution is 7.20. The van der Waals surface area contributed by atoms with Crippen molar-refractivity contribution in [2.75, 3.05) is 0 Å². The molecule has 12 rings (SSSR count). The summed E-state index contributed by atoms with van der Waals surface area (Å²) >= 11 is 0. The summed E-state index contributed by atoms with van der Waals surface area (Å²) in [5.41, 5.74) is 12.7. The van der Waals surface area contributed by atoms with E-state index in [9.17, 15) is 0 Å². The number of rotatable bonds is 6. The zero-order valence-corrected chi connectivity index (χ0v) is 34.7. The summed E-state index contributed by atoms with van der Waals surface area (Å²) in [6, 6.07) is 81.8. The fourth-order valence-electron chi connectivity index (χ4n) is 10.8. The summed E-state index contributed by atoms with van der Waals surface area (Å²) < 4.78 is 4.90. The van der Waals surface area contributed by atoms with E-state index in [-0.39, 0.29) is 5.41 Å². The van der Waals surface area contributed by atoms with Gasteiger partial charge in [-0.15, -0.1) is 0 Å². The van der Waals surface area contributed by atoms with Gasteiger partial charge in [0.25, 0.3) is 0 Å². The molecule has 2 aromatic heterocycles. The van der Waals surface area contributed by atoms with Crippen molar-refractivity contribution in [1.82, 2.24) is 9.13 Å². The van der Waals surface area contributed by atoms with Gasteiger partial charge >= 0.3 is 0 Å². The van der Waals surface area contributed by atoms with Crippen LogP contribution in [0.4, 0.5) is 0 Å². The lowest BCUT2D eigenvalue weighted by Gasteiger charge is -2.34. The first-order valence-corrected chi connectivity index (χ1v) is 23.0. The van der Waals surface area contributed by atoms with Crippen molar-refractivity contribution in [2.24, 2.45) is 0 Å². The van der Waals surface area contributed by atoms with Crippen LogP contribution in [0.2, 0.25) is 0 Å². The van der Waals surface area contributed by atoms with Crippen LogP contribution in [0.5, 0.6) is 0 Å². The van der Waals surface area contributed by atoms with E-state index in [1.165, 1.54) is 98.0 Å². The molecule has 2 nitrogen and oxygen atoms in total. The molecular formula is C57H42N2Si. The number of aromatic nitrogens is 2. The fourth-order valence-corrected chi connectivity index (χ4v) is 15.6. The summed E-state index contributed by atoms with van der Waals surface area (Å²) in [5.74, 6) is 0. The molecular weight excluding hydrogens is 741 g/mol. The van der Waals surface area contributed by atoms with Gasteiger partial charge in [-0.25, -0.2) is 0 Å². The lowest BCUT2D eigenvalue weighted by atomic mass is 9.82. The summed E-state index contributed by atoms with van der Waals surface area (Å²) in [5, 5.41) is 10.6. The van der Waals surface area contributed by atoms with Crippen LogP contribution in [0.1, 0.15) is 25.0 Å². The zero-order chi connectivity index (χ0) is 40.0. The number of hydrogen-bond donors (Lipinski definition) is 0. The standard InChI is InChI=1S/C57H42N2Si/c1-57(2)49-27-15-12-25-46(49)55-50(57)35-37-54-56(55)47-26-14-17-29-52(47)59(54)40-30-32-43(33-31-40)60(41-20-8-4-9-21-41,42-22-10-5-11-23-42)44-34-36-53-48(38-44)45-24-13-16-28-51(45)58(53)39-18-6-3-7-19-39/h3-38H,1-2H3. The van der Waals surface area contributed by atoms with Crippen molar-refractivity contribution in [1.29, 1.82) is 0 Å². The second-order valence-electron chi connectivity index (χ2n) is 16.9. The Morgan fingerprint density at radius 2 is 0.833 bits per heavy atom. The largest absolute Gasteiger partial charge is 0.309 e. The highest BCUT2D eigenvalue weighted by atomic mass is 28.3. The van der Waals surface area contributed by atoms with E-state index >= 15 is 0 Å². The van der Waals surface area contributed by atoms with Crippen molar-refractivity contribution < 1.29 is 0 Å². The van der Waals surface area contributed by atoms with Gasteiger partial charge in [0.05, 0.1) is 22.1 Å². The first-order valence-electron chi connectivity index (χ1n) is 21.0. The van der Waals surface area contributed by atoms with E-state index < -0.39 is 8.07 Å². The summed E-state index contributed by atoms with van der Waals surface area (Å²) in [6.45, 7) is 4.74. The molecule has 284 valence electrons. The molecule has 1 aliphatic carbocycles. The van der Waals surface area contributed by atoms with Crippen molar-refractivity contribution >= 4 is 72.4 Å². The Balaban J connectivity index is 1.11. The van der Waals surface area contributed by atoms with Crippen LogP contribution in [-0.2, 0) is 5.41 Å². The van der Waals surface area contributed by atoms with Gasteiger partial charge in [-0.05, 0) is 91.5 Å². The molecule has 3 heteroatoms. The molecule has 60 heavy (non-hydrogen) atoms. The number of benzene rings is 9. The molecule has 0 N–H and O–H groups in total. The molecule has 9 aromatic carbocycles. The van der Waals surface area contributed by atoms with Crippen LogP contribution >= 0.6 is 0 Å². The van der Waals surface area contributed by atoms with Gasteiger partial charge in [-0.3, -0.25) is 0 Å². The van der Waals surface area contributed by atoms with Gasteiger partial charge in [0, 0.05) is 38.3 Å². The monoisotopic (exact) mass is 782 g/mol. The molecule has 0 amide bonds. The summed E-state index contributed by atoms with van der Waals surface area (Å²) in [4.78, 5) is 0. The third kappa shape index (κ3) is 4.81. The Morgan fingerprint density at radius 3 is 1.53 bits per heavy atom. The van der Waals surface area contributed by atoms with Crippen molar-refractivity contribution in [3.05, 3.63) is 230 Å². The lowest BCUT2D eigenvalue weighted by molar-refractivity contribution is 0.661. The average molecular weight is 783 g/mol. The Morgan fingerprint density at radius 1 is 0.350 bits per heavy atom. The summed E-state index contributed by atoms with van der Waals surface area (Å²) in [6.07, 6.45) is 0. The topological polar surface area (TPSA) is 9.86 Å². The van der Waals surface area contributed by atoms with Crippen LogP contribution in [-0.4, -0.2) is 17.2 Å². The third-order valence-electron chi connectivity index (χ3n) is 13.5. The van der Waals surface area contributed by atoms with Crippen LogP contribution in [0, 0.1) is 0 Å². The minimum Gasteiger partial charge on any atom is -0.309 e. The predicted octanol–water partition coefficient (Wildman–Crippen LogP) is 11.6. The smallest absolute Gasteiger partial charge is 0.179 e. The molecule has 0 bridgehead atoms. The number of fused-ring (bicyclic) bond motifs is 10. The zero-order valence-electron chi connectivity index (χ0n) is 33.7. The Labute approximate surface area is 351 Å². The minimum absolute atomic E-state index is 0.0622. The first kappa shape index (κ1) is 34.8. The SMILES string of the molecule is CC1(C)c2ccccc2-c2c1ccc1c2c2ccccc2n1-c1ccc([Si](c2ccccc2)(c2ccccc2)c2ccc3c(c2)c2ccccc2n3-c2ccccc2)cc1. The van der Waals surface area contributed by atoms with E-state index in [0.29, 0.717) is 0 Å². The molecule has 0 saturated heterocycles. The Bertz CT molecular complexity index is 3390. The van der Waals surface area contributed by atoms with Crippen molar-refractivity contribution in [3.63, 3.8) is 0 Å². The quantitative estimate of drug-likeness (QED) is 0.117. The van der Waals surface area contributed by atoms with E-state index in [1.807, 2.05) is 0 Å². The molecule has 0 unspecified atom stereocenters. The van der Waals surface area contributed by atoms with E-state index in [0.717, 1.165) is 0 Å². The van der Waals surface area contributed by atoms with Crippen LogP contribution in [0.15, 0.2) is 218 Å². The molecule has 0 fully saturated rings. The number of nitrogens with zero attached hydrogens (tertiary/aromatic N) is 2. The van der Waals surface area contributed by atoms with E-state index in [2.05, 4.69) is 241 Å². The third-order valence-corrected chi connectivity index (χ3v) is 18.2. The highest BCUT2D eigenvalue weighted by Crippen LogP contribution is 2.53. The normalized spacial score (nSPS) is 13.3. The van der Waals surface area contributed by atoms with Gasteiger partial charge < -0.3 is 9.13 Å². The fraction of sp³-hybridized carbons (Fsp3) is 0.0526. The maximum Gasteiger partial charge on any atom is 0.179 e. The van der Waals surface area contributed by atoms with Gasteiger partial charge in [0.15, 0.2) is 8.07 Å². The second-order valence-corrected chi connectivity index (χ2v) is 20.7. The molecule has 0 atom stereocenters. The van der Waals surface area contributed by atoms with E-state index in [1.54, 1.807) is 0 Å². The van der Waals surface area contributed by atoms with Gasteiger partial charge in [0.1, 0.15) is 0 Å². The lowest BCUT2D eigenvalue weighted by Crippen LogP contribution is -2.74. The number of hydrogen-bond acceptors (Lipinski definition) is 0.